The molecule has 0 aromatic carbocycles. The van der Waals surface area contributed by atoms with E-state index in [0.717, 1.165) is 19.4 Å². The number of hydrogen-bond donors (Lipinski definition) is 0. The molecule has 0 aromatic heterocycles. The molecule has 0 unspecified atom stereocenters. The second kappa shape index (κ2) is 8.44. The largest absolute Gasteiger partial charge is 0.303 e. The van der Waals surface area contributed by atoms with Gasteiger partial charge in [-0.15, -0.1) is 0 Å². The first-order valence-electron chi connectivity index (χ1n) is 9.52. The zero-order valence-corrected chi connectivity index (χ0v) is 15.1. The molecule has 0 bridgehead atoms. The van der Waals surface area contributed by atoms with Crippen LogP contribution in [0, 0.1) is 11.3 Å². The first-order chi connectivity index (χ1) is 10.5. The summed E-state index contributed by atoms with van der Waals surface area (Å²) in [6.07, 6.45) is 8.69. The van der Waals surface area contributed by atoms with Gasteiger partial charge in [0.1, 0.15) is 5.78 Å². The number of nitrogens with zero attached hydrogens (tertiary/aromatic N) is 2. The average molecular weight is 309 g/mol. The lowest BCUT2D eigenvalue weighted by molar-refractivity contribution is -0.122. The van der Waals surface area contributed by atoms with Crippen molar-refractivity contribution in [2.45, 2.75) is 65.7 Å². The monoisotopic (exact) mass is 308 g/mol. The summed E-state index contributed by atoms with van der Waals surface area (Å²) in [6.45, 7) is 13.9. The van der Waals surface area contributed by atoms with Crippen LogP contribution in [0.15, 0.2) is 0 Å². The van der Waals surface area contributed by atoms with Crippen molar-refractivity contribution in [2.24, 2.45) is 11.3 Å². The van der Waals surface area contributed by atoms with Gasteiger partial charge in [-0.2, -0.15) is 0 Å². The number of carbonyl (C=O) groups excluding carboxylic acids is 1. The molecule has 0 N–H and O–H groups in total. The lowest BCUT2D eigenvalue weighted by Crippen LogP contribution is -2.47. The Kier molecular flexibility index (Phi) is 6.88. The summed E-state index contributed by atoms with van der Waals surface area (Å²) in [5.41, 5.74) is 0.647. The number of ketones is 1. The highest BCUT2D eigenvalue weighted by Crippen LogP contribution is 2.41. The zero-order valence-electron chi connectivity index (χ0n) is 15.1. The van der Waals surface area contributed by atoms with Gasteiger partial charge in [0.25, 0.3) is 0 Å². The van der Waals surface area contributed by atoms with E-state index in [1.54, 1.807) is 0 Å². The highest BCUT2D eigenvalue weighted by atomic mass is 16.1. The molecule has 22 heavy (non-hydrogen) atoms. The van der Waals surface area contributed by atoms with Crippen LogP contribution in [0.2, 0.25) is 0 Å². The summed E-state index contributed by atoms with van der Waals surface area (Å²) in [5, 5.41) is 0. The minimum atomic E-state index is 0.206. The van der Waals surface area contributed by atoms with Crippen LogP contribution in [0.3, 0.4) is 0 Å². The Labute approximate surface area is 137 Å². The molecular formula is C19H36N2O. The summed E-state index contributed by atoms with van der Waals surface area (Å²) in [6, 6.07) is 0. The molecule has 0 aliphatic carbocycles. The molecule has 2 saturated heterocycles. The van der Waals surface area contributed by atoms with E-state index in [1.165, 1.54) is 64.8 Å². The summed E-state index contributed by atoms with van der Waals surface area (Å²) in [5.74, 6) is 0.634. The van der Waals surface area contributed by atoms with Crippen molar-refractivity contribution in [3.05, 3.63) is 0 Å². The van der Waals surface area contributed by atoms with Crippen molar-refractivity contribution in [1.82, 2.24) is 9.80 Å². The van der Waals surface area contributed by atoms with Crippen LogP contribution in [0.25, 0.3) is 0 Å². The van der Waals surface area contributed by atoms with E-state index in [9.17, 15) is 4.79 Å². The lowest BCUT2D eigenvalue weighted by atomic mass is 9.71. The van der Waals surface area contributed by atoms with Gasteiger partial charge in [-0.05, 0) is 83.2 Å². The maximum atomic E-state index is 11.7. The first-order valence-corrected chi connectivity index (χ1v) is 9.52. The van der Waals surface area contributed by atoms with Crippen LogP contribution in [-0.2, 0) is 4.79 Å². The fourth-order valence-corrected chi connectivity index (χ4v) is 4.08. The van der Waals surface area contributed by atoms with Crippen molar-refractivity contribution >= 4 is 5.78 Å². The van der Waals surface area contributed by atoms with Gasteiger partial charge in [-0.25, -0.2) is 0 Å². The smallest absolute Gasteiger partial charge is 0.135 e. The van der Waals surface area contributed by atoms with Gasteiger partial charge in [0.2, 0.25) is 0 Å². The quantitative estimate of drug-likeness (QED) is 0.718. The Hall–Kier alpha value is -0.410. The third-order valence-electron chi connectivity index (χ3n) is 5.91. The van der Waals surface area contributed by atoms with E-state index in [-0.39, 0.29) is 5.92 Å². The molecule has 2 rings (SSSR count). The summed E-state index contributed by atoms with van der Waals surface area (Å²) >= 11 is 0. The lowest BCUT2D eigenvalue weighted by Gasteiger charge is -2.47. The summed E-state index contributed by atoms with van der Waals surface area (Å²) < 4.78 is 0. The number of likely N-dealkylation sites (tertiary alicyclic amines) is 2. The van der Waals surface area contributed by atoms with E-state index < -0.39 is 0 Å². The van der Waals surface area contributed by atoms with Gasteiger partial charge in [-0.1, -0.05) is 20.8 Å². The van der Waals surface area contributed by atoms with Crippen LogP contribution in [0.1, 0.15) is 65.7 Å². The second-order valence-corrected chi connectivity index (χ2v) is 7.91. The molecule has 0 atom stereocenters. The van der Waals surface area contributed by atoms with Gasteiger partial charge < -0.3 is 9.80 Å². The minimum Gasteiger partial charge on any atom is -0.303 e. The van der Waals surface area contributed by atoms with Gasteiger partial charge in [0, 0.05) is 12.3 Å². The normalized spacial score (nSPS) is 23.3. The number of carbonyl (C=O) groups is 1. The highest BCUT2D eigenvalue weighted by molar-refractivity contribution is 5.80. The molecule has 3 nitrogen and oxygen atoms in total. The van der Waals surface area contributed by atoms with E-state index in [0.29, 0.717) is 11.2 Å². The fraction of sp³-hybridized carbons (Fsp3) is 0.947. The van der Waals surface area contributed by atoms with Gasteiger partial charge in [0.15, 0.2) is 0 Å². The van der Waals surface area contributed by atoms with Crippen molar-refractivity contribution in [1.29, 1.82) is 0 Å². The fourth-order valence-electron chi connectivity index (χ4n) is 4.08. The van der Waals surface area contributed by atoms with Crippen LogP contribution in [-0.4, -0.2) is 54.9 Å². The Balaban J connectivity index is 1.65. The standard InChI is InChI=1S/C19H36N2O/c1-4-11-20-13-7-19(8-14-20)9-15-21(16-10-19)12-5-6-18(22)17(2)3/h17H,4-16H2,1-3H3. The molecule has 0 amide bonds. The number of rotatable bonds is 7. The molecule has 0 aromatic rings. The second-order valence-electron chi connectivity index (χ2n) is 7.91. The van der Waals surface area contributed by atoms with Crippen molar-refractivity contribution < 1.29 is 4.79 Å². The molecule has 0 saturated carbocycles. The van der Waals surface area contributed by atoms with E-state index in [2.05, 4.69) is 16.7 Å². The van der Waals surface area contributed by atoms with E-state index >= 15 is 0 Å². The number of hydrogen-bond acceptors (Lipinski definition) is 3. The Morgan fingerprint density at radius 3 is 1.91 bits per heavy atom. The Morgan fingerprint density at radius 1 is 0.955 bits per heavy atom. The van der Waals surface area contributed by atoms with Crippen molar-refractivity contribution in [2.75, 3.05) is 39.3 Å². The molecule has 2 aliphatic rings. The van der Waals surface area contributed by atoms with Crippen LogP contribution in [0.5, 0.6) is 0 Å². The maximum Gasteiger partial charge on any atom is 0.135 e. The van der Waals surface area contributed by atoms with Gasteiger partial charge in [-0.3, -0.25) is 4.79 Å². The highest BCUT2D eigenvalue weighted by Gasteiger charge is 2.37. The molecule has 3 heteroatoms. The molecule has 0 radical (unpaired) electrons. The van der Waals surface area contributed by atoms with Crippen LogP contribution in [0.4, 0.5) is 0 Å². The SMILES string of the molecule is CCCN1CCC2(CC1)CCN(CCCC(=O)C(C)C)CC2. The number of Topliss-reactive ketones (excluding diaryl/α,β-unsaturated/α-hetero) is 1. The number of piperidine rings is 2. The van der Waals surface area contributed by atoms with E-state index in [1.807, 2.05) is 13.8 Å². The third kappa shape index (κ3) is 5.06. The zero-order chi connectivity index (χ0) is 16.0. The molecule has 1 spiro atoms. The predicted molar refractivity (Wildman–Crippen MR) is 93.2 cm³/mol. The van der Waals surface area contributed by atoms with Gasteiger partial charge in [0.05, 0.1) is 0 Å². The van der Waals surface area contributed by atoms with Crippen LogP contribution >= 0.6 is 0 Å². The van der Waals surface area contributed by atoms with Crippen molar-refractivity contribution in [3.8, 4) is 0 Å². The molecule has 2 aliphatic heterocycles. The predicted octanol–water partition coefficient (Wildman–Crippen LogP) is 3.58. The Bertz CT molecular complexity index is 335. The maximum absolute atomic E-state index is 11.7. The molecule has 2 fully saturated rings. The first kappa shape index (κ1) is 17.9. The average Bonchev–Trinajstić information content (AvgIpc) is 2.52. The molecule has 2 heterocycles. The molecule has 128 valence electrons. The summed E-state index contributed by atoms with van der Waals surface area (Å²) in [7, 11) is 0. The Morgan fingerprint density at radius 2 is 1.45 bits per heavy atom. The molecular weight excluding hydrogens is 272 g/mol. The van der Waals surface area contributed by atoms with E-state index in [4.69, 9.17) is 0 Å². The van der Waals surface area contributed by atoms with Crippen molar-refractivity contribution in [3.63, 3.8) is 0 Å². The third-order valence-corrected chi connectivity index (χ3v) is 5.91. The van der Waals surface area contributed by atoms with Gasteiger partial charge >= 0.3 is 0 Å². The van der Waals surface area contributed by atoms with Crippen LogP contribution < -0.4 is 0 Å². The summed E-state index contributed by atoms with van der Waals surface area (Å²) in [4.78, 5) is 16.9. The minimum absolute atomic E-state index is 0.206. The topological polar surface area (TPSA) is 23.6 Å².